The van der Waals surface area contributed by atoms with E-state index in [0.29, 0.717) is 30.0 Å². The van der Waals surface area contributed by atoms with Crippen molar-refractivity contribution in [3.8, 4) is 5.75 Å². The molecule has 138 valence electrons. The number of amides is 1. The summed E-state index contributed by atoms with van der Waals surface area (Å²) in [7, 11) is 0. The number of ether oxygens (including phenoxy) is 2. The quantitative estimate of drug-likeness (QED) is 0.756. The van der Waals surface area contributed by atoms with Gasteiger partial charge in [-0.25, -0.2) is 9.18 Å². The van der Waals surface area contributed by atoms with E-state index in [0.717, 1.165) is 5.56 Å². The third kappa shape index (κ3) is 5.05. The molecule has 0 unspecified atom stereocenters. The number of benzene rings is 2. The largest absolute Gasteiger partial charge is 0.481 e. The zero-order valence-electron chi connectivity index (χ0n) is 15.0. The fourth-order valence-electron chi connectivity index (χ4n) is 2.36. The molecular formula is C20H22FNO4. The average Bonchev–Trinajstić information content (AvgIpc) is 2.63. The number of nitrogens with one attached hydrogen (secondary N) is 1. The first-order valence-electron chi connectivity index (χ1n) is 8.45. The van der Waals surface area contributed by atoms with Gasteiger partial charge in [0.15, 0.2) is 6.10 Å². The lowest BCUT2D eigenvalue weighted by Gasteiger charge is -2.18. The Hall–Kier alpha value is -2.89. The molecule has 0 bridgehead atoms. The maximum Gasteiger partial charge on any atom is 0.338 e. The van der Waals surface area contributed by atoms with Gasteiger partial charge in [-0.3, -0.25) is 4.79 Å². The molecule has 0 aliphatic rings. The molecule has 6 heteroatoms. The normalized spacial score (nSPS) is 11.5. The average molecular weight is 359 g/mol. The minimum Gasteiger partial charge on any atom is -0.481 e. The van der Waals surface area contributed by atoms with Crippen LogP contribution in [-0.2, 0) is 9.53 Å². The predicted octanol–water partition coefficient (Wildman–Crippen LogP) is 4.11. The molecule has 2 aromatic rings. The summed E-state index contributed by atoms with van der Waals surface area (Å²) >= 11 is 0. The zero-order chi connectivity index (χ0) is 19.1. The first kappa shape index (κ1) is 19.4. The van der Waals surface area contributed by atoms with Crippen molar-refractivity contribution in [2.24, 2.45) is 0 Å². The summed E-state index contributed by atoms with van der Waals surface area (Å²) in [6.07, 6.45) is -0.270. The van der Waals surface area contributed by atoms with Crippen LogP contribution in [0.2, 0.25) is 0 Å². The number of rotatable bonds is 7. The lowest BCUT2D eigenvalue weighted by Crippen LogP contribution is -2.32. The first-order valence-corrected chi connectivity index (χ1v) is 8.45. The summed E-state index contributed by atoms with van der Waals surface area (Å²) in [5, 5.41) is 2.80. The van der Waals surface area contributed by atoms with Gasteiger partial charge in [-0.2, -0.15) is 0 Å². The third-order valence-corrected chi connectivity index (χ3v) is 3.75. The van der Waals surface area contributed by atoms with Crippen molar-refractivity contribution < 1.29 is 23.5 Å². The van der Waals surface area contributed by atoms with E-state index in [1.54, 1.807) is 32.0 Å². The molecule has 1 amide bonds. The van der Waals surface area contributed by atoms with Gasteiger partial charge < -0.3 is 14.8 Å². The molecule has 0 spiro atoms. The second kappa shape index (κ2) is 8.99. The molecule has 0 radical (unpaired) electrons. The molecule has 0 saturated carbocycles. The molecule has 5 nitrogen and oxygen atoms in total. The Morgan fingerprint density at radius 1 is 1.12 bits per heavy atom. The van der Waals surface area contributed by atoms with Crippen molar-refractivity contribution in [2.75, 3.05) is 11.9 Å². The van der Waals surface area contributed by atoms with Crippen LogP contribution in [0.4, 0.5) is 10.1 Å². The van der Waals surface area contributed by atoms with E-state index in [-0.39, 0.29) is 11.7 Å². The molecule has 2 rings (SSSR count). The summed E-state index contributed by atoms with van der Waals surface area (Å²) in [4.78, 5) is 24.2. The summed E-state index contributed by atoms with van der Waals surface area (Å²) in [6, 6.07) is 10.4. The van der Waals surface area contributed by atoms with E-state index in [1.807, 2.05) is 6.92 Å². The summed E-state index contributed by atoms with van der Waals surface area (Å²) in [5.41, 5.74) is 1.75. The van der Waals surface area contributed by atoms with Gasteiger partial charge in [0.05, 0.1) is 12.2 Å². The van der Waals surface area contributed by atoms with E-state index in [9.17, 15) is 14.0 Å². The van der Waals surface area contributed by atoms with Crippen LogP contribution in [0.1, 0.15) is 36.2 Å². The van der Waals surface area contributed by atoms with Crippen molar-refractivity contribution in [1.29, 1.82) is 0 Å². The van der Waals surface area contributed by atoms with Gasteiger partial charge in [-0.05, 0) is 68.3 Å². The van der Waals surface area contributed by atoms with E-state index in [2.05, 4.69) is 5.32 Å². The second-order valence-electron chi connectivity index (χ2n) is 5.71. The number of anilines is 1. The van der Waals surface area contributed by atoms with Crippen molar-refractivity contribution in [1.82, 2.24) is 0 Å². The van der Waals surface area contributed by atoms with Crippen LogP contribution in [0.15, 0.2) is 42.5 Å². The Balaban J connectivity index is 2.07. The van der Waals surface area contributed by atoms with Gasteiger partial charge in [0.1, 0.15) is 11.6 Å². The van der Waals surface area contributed by atoms with Gasteiger partial charge in [0.25, 0.3) is 5.91 Å². The molecule has 0 saturated heterocycles. The number of aryl methyl sites for hydroxylation is 1. The molecule has 1 N–H and O–H groups in total. The Morgan fingerprint density at radius 3 is 2.38 bits per heavy atom. The van der Waals surface area contributed by atoms with Crippen LogP contribution in [0, 0.1) is 12.7 Å². The molecule has 26 heavy (non-hydrogen) atoms. The maximum absolute atomic E-state index is 13.0. The highest BCUT2D eigenvalue weighted by Gasteiger charge is 2.19. The van der Waals surface area contributed by atoms with E-state index >= 15 is 0 Å². The molecule has 2 aromatic carbocycles. The predicted molar refractivity (Wildman–Crippen MR) is 96.9 cm³/mol. The fraction of sp³-hybridized carbons (Fsp3) is 0.300. The molecule has 0 aliphatic carbocycles. The molecule has 0 aromatic heterocycles. The standard InChI is InChI=1S/C20H22FNO4/c1-4-18(26-16-9-7-15(21)8-10-16)19(23)22-17-11-6-14(12-13(17)3)20(24)25-5-2/h6-12,18H,4-5H2,1-3H3,(H,22,23)/t18-/m1/s1. The van der Waals surface area contributed by atoms with Crippen molar-refractivity contribution in [3.63, 3.8) is 0 Å². The van der Waals surface area contributed by atoms with E-state index in [4.69, 9.17) is 9.47 Å². The molecule has 0 aliphatic heterocycles. The highest BCUT2D eigenvalue weighted by atomic mass is 19.1. The second-order valence-corrected chi connectivity index (χ2v) is 5.71. The van der Waals surface area contributed by atoms with Gasteiger partial charge in [0, 0.05) is 5.69 Å². The Morgan fingerprint density at radius 2 is 1.81 bits per heavy atom. The van der Waals surface area contributed by atoms with Crippen molar-refractivity contribution in [2.45, 2.75) is 33.3 Å². The van der Waals surface area contributed by atoms with Crippen molar-refractivity contribution >= 4 is 17.6 Å². The zero-order valence-corrected chi connectivity index (χ0v) is 15.0. The summed E-state index contributed by atoms with van der Waals surface area (Å²) in [5.74, 6) is -0.668. The number of carbonyl (C=O) groups excluding carboxylic acids is 2. The van der Waals surface area contributed by atoms with E-state index in [1.165, 1.54) is 24.3 Å². The van der Waals surface area contributed by atoms with Gasteiger partial charge in [-0.15, -0.1) is 0 Å². The summed E-state index contributed by atoms with van der Waals surface area (Å²) in [6.45, 7) is 5.66. The first-order chi connectivity index (χ1) is 12.4. The highest BCUT2D eigenvalue weighted by Crippen LogP contribution is 2.19. The molecule has 0 fully saturated rings. The Labute approximate surface area is 152 Å². The number of halogens is 1. The van der Waals surface area contributed by atoms with Gasteiger partial charge >= 0.3 is 5.97 Å². The van der Waals surface area contributed by atoms with Crippen LogP contribution in [0.25, 0.3) is 0 Å². The number of hydrogen-bond donors (Lipinski definition) is 1. The van der Waals surface area contributed by atoms with Crippen LogP contribution < -0.4 is 10.1 Å². The van der Waals surface area contributed by atoms with Gasteiger partial charge in [-0.1, -0.05) is 6.92 Å². The van der Waals surface area contributed by atoms with Crippen LogP contribution in [0.3, 0.4) is 0 Å². The minimum atomic E-state index is -0.718. The Bertz CT molecular complexity index is 774. The molecular weight excluding hydrogens is 337 g/mol. The SMILES string of the molecule is CCOC(=O)c1ccc(NC(=O)[C@@H](CC)Oc2ccc(F)cc2)c(C)c1. The number of hydrogen-bond acceptors (Lipinski definition) is 4. The molecule has 1 atom stereocenters. The smallest absolute Gasteiger partial charge is 0.338 e. The topological polar surface area (TPSA) is 64.6 Å². The monoisotopic (exact) mass is 359 g/mol. The summed E-state index contributed by atoms with van der Waals surface area (Å²) < 4.78 is 23.6. The van der Waals surface area contributed by atoms with Crippen molar-refractivity contribution in [3.05, 3.63) is 59.4 Å². The third-order valence-electron chi connectivity index (χ3n) is 3.75. The maximum atomic E-state index is 13.0. The minimum absolute atomic E-state index is 0.301. The fourth-order valence-corrected chi connectivity index (χ4v) is 2.36. The highest BCUT2D eigenvalue weighted by molar-refractivity contribution is 5.96. The van der Waals surface area contributed by atoms with Crippen LogP contribution in [-0.4, -0.2) is 24.6 Å². The van der Waals surface area contributed by atoms with Crippen LogP contribution in [0.5, 0.6) is 5.75 Å². The van der Waals surface area contributed by atoms with Gasteiger partial charge in [0.2, 0.25) is 0 Å². The number of carbonyl (C=O) groups is 2. The molecule has 0 heterocycles. The lowest BCUT2D eigenvalue weighted by atomic mass is 10.1. The number of esters is 1. The Kier molecular flexibility index (Phi) is 6.72. The van der Waals surface area contributed by atoms with Crippen LogP contribution >= 0.6 is 0 Å². The van der Waals surface area contributed by atoms with E-state index < -0.39 is 12.1 Å². The lowest BCUT2D eigenvalue weighted by molar-refractivity contribution is -0.122.